The summed E-state index contributed by atoms with van der Waals surface area (Å²) < 4.78 is 15.2. The van der Waals surface area contributed by atoms with Crippen LogP contribution in [0.5, 0.6) is 0 Å². The van der Waals surface area contributed by atoms with Crippen molar-refractivity contribution in [2.75, 3.05) is 16.8 Å². The number of pyridine rings is 1. The van der Waals surface area contributed by atoms with Crippen LogP contribution in [-0.2, 0) is 4.79 Å². The second kappa shape index (κ2) is 8.87. The first-order chi connectivity index (χ1) is 15.6. The molecule has 0 unspecified atom stereocenters. The first-order valence-electron chi connectivity index (χ1n) is 10.4. The molecule has 10 heteroatoms. The fourth-order valence-electron chi connectivity index (χ4n) is 4.00. The van der Waals surface area contributed by atoms with Crippen LogP contribution < -0.4 is 11.1 Å². The number of thiophene rings is 1. The van der Waals surface area contributed by atoms with Crippen LogP contribution in [-0.4, -0.2) is 31.4 Å². The molecule has 1 saturated carbocycles. The number of nitrogens with two attached hydrogens (primary N) is 1. The van der Waals surface area contributed by atoms with Crippen molar-refractivity contribution in [3.05, 3.63) is 48.4 Å². The molecule has 7 nitrogen and oxygen atoms in total. The van der Waals surface area contributed by atoms with E-state index >= 15 is 0 Å². The van der Waals surface area contributed by atoms with Crippen molar-refractivity contribution >= 4 is 50.6 Å². The van der Waals surface area contributed by atoms with Crippen LogP contribution in [0.25, 0.3) is 20.9 Å². The molecule has 4 aromatic rings. The fourth-order valence-corrected chi connectivity index (χ4v) is 5.85. The summed E-state index contributed by atoms with van der Waals surface area (Å²) in [6.45, 7) is 0. The van der Waals surface area contributed by atoms with E-state index in [1.807, 2.05) is 12.1 Å². The molecule has 0 bridgehead atoms. The van der Waals surface area contributed by atoms with E-state index in [1.54, 1.807) is 6.20 Å². The number of carbonyl (C=O) groups is 1. The van der Waals surface area contributed by atoms with Gasteiger partial charge in [-0.1, -0.05) is 24.6 Å². The molecule has 1 aliphatic carbocycles. The van der Waals surface area contributed by atoms with Crippen molar-refractivity contribution in [3.8, 4) is 10.7 Å². The molecular weight excluding hydrogens is 447 g/mol. The predicted octanol–water partition coefficient (Wildman–Crippen LogP) is 5.12. The molecule has 3 N–H and O–H groups in total. The minimum atomic E-state index is -0.342. The van der Waals surface area contributed by atoms with Crippen LogP contribution in [0.15, 0.2) is 47.8 Å². The van der Waals surface area contributed by atoms with Gasteiger partial charge in [-0.15, -0.1) is 21.5 Å². The van der Waals surface area contributed by atoms with E-state index in [4.69, 9.17) is 5.73 Å². The van der Waals surface area contributed by atoms with E-state index in [0.717, 1.165) is 46.6 Å². The van der Waals surface area contributed by atoms with Crippen molar-refractivity contribution in [3.63, 3.8) is 0 Å². The summed E-state index contributed by atoms with van der Waals surface area (Å²) in [5.41, 5.74) is 7.68. The SMILES string of the molecule is Nc1c(-c2nnc(SCC(=O)Nc3ccc(F)cc3)n2C2CCCC2)sc2ncccc12. The van der Waals surface area contributed by atoms with Gasteiger partial charge in [-0.05, 0) is 49.2 Å². The molecule has 164 valence electrons. The maximum Gasteiger partial charge on any atom is 0.234 e. The van der Waals surface area contributed by atoms with Gasteiger partial charge < -0.3 is 11.1 Å². The summed E-state index contributed by atoms with van der Waals surface area (Å²) in [6.07, 6.45) is 6.15. The number of benzene rings is 1. The number of hydrogen-bond acceptors (Lipinski definition) is 7. The Kier molecular flexibility index (Phi) is 5.79. The first-order valence-corrected chi connectivity index (χ1v) is 12.2. The van der Waals surface area contributed by atoms with E-state index in [-0.39, 0.29) is 23.5 Å². The van der Waals surface area contributed by atoms with E-state index in [2.05, 4.69) is 25.1 Å². The van der Waals surface area contributed by atoms with Gasteiger partial charge in [0.2, 0.25) is 5.91 Å². The summed E-state index contributed by atoms with van der Waals surface area (Å²) in [4.78, 5) is 18.6. The number of fused-ring (bicyclic) bond motifs is 1. The Hall–Kier alpha value is -2.98. The number of nitrogens with one attached hydrogen (secondary N) is 1. The van der Waals surface area contributed by atoms with Crippen LogP contribution >= 0.6 is 23.1 Å². The van der Waals surface area contributed by atoms with Crippen LogP contribution in [0, 0.1) is 5.82 Å². The first kappa shape index (κ1) is 20.9. The van der Waals surface area contributed by atoms with Crippen molar-refractivity contribution in [2.45, 2.75) is 36.9 Å². The number of aromatic nitrogens is 4. The molecule has 1 aromatic carbocycles. The number of rotatable bonds is 6. The Morgan fingerprint density at radius 3 is 2.75 bits per heavy atom. The lowest BCUT2D eigenvalue weighted by molar-refractivity contribution is -0.113. The molecule has 5 rings (SSSR count). The summed E-state index contributed by atoms with van der Waals surface area (Å²) in [7, 11) is 0. The van der Waals surface area contributed by atoms with Crippen LogP contribution in [0.1, 0.15) is 31.7 Å². The van der Waals surface area contributed by atoms with E-state index in [1.165, 1.54) is 47.4 Å². The van der Waals surface area contributed by atoms with Crippen molar-refractivity contribution in [1.29, 1.82) is 0 Å². The molecule has 3 aromatic heterocycles. The minimum absolute atomic E-state index is 0.172. The van der Waals surface area contributed by atoms with Gasteiger partial charge in [0.25, 0.3) is 0 Å². The molecule has 0 spiro atoms. The van der Waals surface area contributed by atoms with E-state index in [0.29, 0.717) is 16.5 Å². The van der Waals surface area contributed by atoms with Crippen LogP contribution in [0.2, 0.25) is 0 Å². The zero-order chi connectivity index (χ0) is 22.1. The maximum atomic E-state index is 13.1. The van der Waals surface area contributed by atoms with Gasteiger partial charge in [-0.2, -0.15) is 0 Å². The lowest BCUT2D eigenvalue weighted by atomic mass is 10.2. The fraction of sp³-hybridized carbons (Fsp3) is 0.273. The summed E-state index contributed by atoms with van der Waals surface area (Å²) in [5.74, 6) is 0.380. The van der Waals surface area contributed by atoms with Crippen molar-refractivity contribution < 1.29 is 9.18 Å². The largest absolute Gasteiger partial charge is 0.397 e. The number of halogens is 1. The van der Waals surface area contributed by atoms with Gasteiger partial charge in [0.05, 0.1) is 16.3 Å². The lowest BCUT2D eigenvalue weighted by Crippen LogP contribution is -2.15. The highest BCUT2D eigenvalue weighted by molar-refractivity contribution is 7.99. The number of thioether (sulfide) groups is 1. The molecule has 1 aliphatic rings. The molecular formula is C22H21FN6OS2. The third-order valence-corrected chi connectivity index (χ3v) is 7.59. The number of nitrogens with zero attached hydrogens (tertiary/aromatic N) is 4. The average Bonchev–Trinajstić information content (AvgIpc) is 3.53. The number of hydrogen-bond donors (Lipinski definition) is 2. The Morgan fingerprint density at radius 2 is 2.00 bits per heavy atom. The predicted molar refractivity (Wildman–Crippen MR) is 126 cm³/mol. The highest BCUT2D eigenvalue weighted by atomic mass is 32.2. The Bertz CT molecular complexity index is 1260. The van der Waals surface area contributed by atoms with Gasteiger partial charge in [-0.25, -0.2) is 9.37 Å². The standard InChI is InChI=1S/C22H21FN6OS2/c23-13-7-9-14(10-8-13)26-17(30)12-31-22-28-27-20(29(22)15-4-1-2-5-15)19-18(24)16-6-3-11-25-21(16)32-19/h3,6-11,15H,1-2,4-5,12,24H2,(H,26,30). The Balaban J connectivity index is 1.41. The topological polar surface area (TPSA) is 98.7 Å². The Morgan fingerprint density at radius 1 is 1.22 bits per heavy atom. The van der Waals surface area contributed by atoms with Crippen molar-refractivity contribution in [1.82, 2.24) is 19.7 Å². The zero-order valence-corrected chi connectivity index (χ0v) is 18.8. The van der Waals surface area contributed by atoms with Crippen molar-refractivity contribution in [2.24, 2.45) is 0 Å². The lowest BCUT2D eigenvalue weighted by Gasteiger charge is -2.16. The van der Waals surface area contributed by atoms with E-state index < -0.39 is 0 Å². The number of anilines is 2. The maximum absolute atomic E-state index is 13.1. The van der Waals surface area contributed by atoms with E-state index in [9.17, 15) is 9.18 Å². The molecule has 0 radical (unpaired) electrons. The van der Waals surface area contributed by atoms with Gasteiger partial charge in [0.15, 0.2) is 11.0 Å². The average molecular weight is 469 g/mol. The third-order valence-electron chi connectivity index (χ3n) is 5.52. The summed E-state index contributed by atoms with van der Waals surface area (Å²) in [5, 5.41) is 13.3. The van der Waals surface area contributed by atoms with Crippen LogP contribution in [0.4, 0.5) is 15.8 Å². The van der Waals surface area contributed by atoms with Gasteiger partial charge >= 0.3 is 0 Å². The number of amides is 1. The minimum Gasteiger partial charge on any atom is -0.397 e. The highest BCUT2D eigenvalue weighted by Crippen LogP contribution is 2.43. The van der Waals surface area contributed by atoms with Gasteiger partial charge in [0.1, 0.15) is 10.6 Å². The number of carbonyl (C=O) groups excluding carboxylic acids is 1. The Labute approximate surface area is 192 Å². The third kappa shape index (κ3) is 4.07. The molecule has 1 amide bonds. The van der Waals surface area contributed by atoms with Crippen LogP contribution in [0.3, 0.4) is 0 Å². The molecule has 3 heterocycles. The molecule has 0 atom stereocenters. The zero-order valence-electron chi connectivity index (χ0n) is 17.1. The smallest absolute Gasteiger partial charge is 0.234 e. The number of nitrogen functional groups attached to an aromatic ring is 1. The molecule has 32 heavy (non-hydrogen) atoms. The normalized spacial score (nSPS) is 14.3. The summed E-state index contributed by atoms with van der Waals surface area (Å²) in [6, 6.07) is 9.82. The highest BCUT2D eigenvalue weighted by Gasteiger charge is 2.27. The monoisotopic (exact) mass is 468 g/mol. The van der Waals surface area contributed by atoms with Gasteiger partial charge in [-0.3, -0.25) is 9.36 Å². The second-order valence-corrected chi connectivity index (χ2v) is 9.60. The quantitative estimate of drug-likeness (QED) is 0.381. The van der Waals surface area contributed by atoms with Gasteiger partial charge in [0, 0.05) is 23.3 Å². The molecule has 0 saturated heterocycles. The summed E-state index contributed by atoms with van der Waals surface area (Å²) >= 11 is 2.86. The molecule has 1 fully saturated rings. The second-order valence-electron chi connectivity index (χ2n) is 7.66. The molecule has 0 aliphatic heterocycles.